The van der Waals surface area contributed by atoms with Gasteiger partial charge in [0.15, 0.2) is 0 Å². The normalized spacial score (nSPS) is 11.8. The van der Waals surface area contributed by atoms with Crippen molar-refractivity contribution in [2.75, 3.05) is 10.6 Å². The Balaban J connectivity index is 1.41. The highest BCUT2D eigenvalue weighted by atomic mass is 32.2. The van der Waals surface area contributed by atoms with Gasteiger partial charge in [-0.3, -0.25) is 19.4 Å². The number of aromatic nitrogens is 1. The van der Waals surface area contributed by atoms with E-state index in [1.54, 1.807) is 67.0 Å². The van der Waals surface area contributed by atoms with E-state index in [1.165, 1.54) is 11.8 Å². The standard InChI is InChI=1S/C30H26N4O3S/c1-21(28(35)32-24-12-6-3-7-13-24)38-26-16-14-25(15-17-26)33-30(37)27(19-22-9-8-18-31-20-22)34-29(36)23-10-4-2-5-11-23/h2-21H,1H3,(H,32,35)(H,33,37)(H,34,36)/b27-19-. The first kappa shape index (κ1) is 26.4. The van der Waals surface area contributed by atoms with Crippen LogP contribution in [0.3, 0.4) is 0 Å². The maximum atomic E-state index is 13.1. The molecule has 1 atom stereocenters. The average Bonchev–Trinajstić information content (AvgIpc) is 2.95. The molecule has 0 aliphatic rings. The number of carbonyl (C=O) groups is 3. The van der Waals surface area contributed by atoms with Crippen LogP contribution in [0.5, 0.6) is 0 Å². The van der Waals surface area contributed by atoms with Crippen molar-refractivity contribution in [3.8, 4) is 0 Å². The molecule has 38 heavy (non-hydrogen) atoms. The van der Waals surface area contributed by atoms with Gasteiger partial charge in [0, 0.05) is 34.2 Å². The van der Waals surface area contributed by atoms with Gasteiger partial charge in [0.1, 0.15) is 5.70 Å². The molecule has 3 amide bonds. The first-order chi connectivity index (χ1) is 18.5. The van der Waals surface area contributed by atoms with Crippen LogP contribution in [0.4, 0.5) is 11.4 Å². The maximum Gasteiger partial charge on any atom is 0.272 e. The predicted octanol–water partition coefficient (Wildman–Crippen LogP) is 5.61. The first-order valence-electron chi connectivity index (χ1n) is 11.9. The molecule has 1 unspecified atom stereocenters. The monoisotopic (exact) mass is 522 g/mol. The molecule has 1 heterocycles. The number of hydrogen-bond acceptors (Lipinski definition) is 5. The molecular weight excluding hydrogens is 496 g/mol. The number of benzene rings is 3. The molecule has 0 saturated heterocycles. The Bertz CT molecular complexity index is 1410. The Morgan fingerprint density at radius 3 is 2.11 bits per heavy atom. The summed E-state index contributed by atoms with van der Waals surface area (Å²) in [5.74, 6) is -0.975. The minimum Gasteiger partial charge on any atom is -0.325 e. The number of nitrogens with one attached hydrogen (secondary N) is 3. The molecule has 0 bridgehead atoms. The summed E-state index contributed by atoms with van der Waals surface area (Å²) in [4.78, 5) is 43.3. The minimum atomic E-state index is -0.478. The quantitative estimate of drug-likeness (QED) is 0.196. The van der Waals surface area contributed by atoms with Crippen LogP contribution in [0.15, 0.2) is 120 Å². The molecule has 1 aromatic heterocycles. The van der Waals surface area contributed by atoms with Gasteiger partial charge in [-0.25, -0.2) is 0 Å². The molecule has 0 spiro atoms. The van der Waals surface area contributed by atoms with Gasteiger partial charge in [0.2, 0.25) is 5.91 Å². The van der Waals surface area contributed by atoms with Crippen molar-refractivity contribution in [1.82, 2.24) is 10.3 Å². The first-order valence-corrected chi connectivity index (χ1v) is 12.8. The lowest BCUT2D eigenvalue weighted by molar-refractivity contribution is -0.115. The summed E-state index contributed by atoms with van der Waals surface area (Å²) < 4.78 is 0. The van der Waals surface area contributed by atoms with Crippen molar-refractivity contribution >= 4 is 46.9 Å². The van der Waals surface area contributed by atoms with Crippen LogP contribution in [0.2, 0.25) is 0 Å². The summed E-state index contributed by atoms with van der Waals surface area (Å²) in [6.07, 6.45) is 4.80. The molecule has 4 rings (SSSR count). The van der Waals surface area contributed by atoms with Crippen LogP contribution < -0.4 is 16.0 Å². The molecule has 0 radical (unpaired) electrons. The molecule has 0 fully saturated rings. The van der Waals surface area contributed by atoms with Gasteiger partial charge >= 0.3 is 0 Å². The van der Waals surface area contributed by atoms with Gasteiger partial charge < -0.3 is 16.0 Å². The van der Waals surface area contributed by atoms with Crippen LogP contribution in [0.25, 0.3) is 6.08 Å². The van der Waals surface area contributed by atoms with E-state index < -0.39 is 11.8 Å². The van der Waals surface area contributed by atoms with Crippen LogP contribution in [-0.4, -0.2) is 28.0 Å². The molecule has 3 N–H and O–H groups in total. The summed E-state index contributed by atoms with van der Waals surface area (Å²) in [5, 5.41) is 8.11. The lowest BCUT2D eigenvalue weighted by Gasteiger charge is -2.13. The van der Waals surface area contributed by atoms with Gasteiger partial charge in [0.05, 0.1) is 5.25 Å². The van der Waals surface area contributed by atoms with E-state index in [2.05, 4.69) is 20.9 Å². The van der Waals surface area contributed by atoms with Crippen LogP contribution >= 0.6 is 11.8 Å². The van der Waals surface area contributed by atoms with E-state index in [1.807, 2.05) is 55.5 Å². The van der Waals surface area contributed by atoms with Gasteiger partial charge in [-0.2, -0.15) is 0 Å². The third kappa shape index (κ3) is 7.65. The second-order valence-electron chi connectivity index (χ2n) is 8.26. The minimum absolute atomic E-state index is 0.0801. The molecule has 7 nitrogen and oxygen atoms in total. The summed E-state index contributed by atoms with van der Waals surface area (Å²) in [5.41, 5.74) is 2.48. The smallest absolute Gasteiger partial charge is 0.272 e. The SMILES string of the molecule is CC(Sc1ccc(NC(=O)/C(=C/c2cccnc2)NC(=O)c2ccccc2)cc1)C(=O)Nc1ccccc1. The topological polar surface area (TPSA) is 100 Å². The molecular formula is C30H26N4O3S. The third-order valence-corrected chi connectivity index (χ3v) is 6.47. The van der Waals surface area contributed by atoms with E-state index in [4.69, 9.17) is 0 Å². The lowest BCUT2D eigenvalue weighted by Crippen LogP contribution is -2.30. The lowest BCUT2D eigenvalue weighted by atomic mass is 10.2. The van der Waals surface area contributed by atoms with Gasteiger partial charge in [-0.15, -0.1) is 11.8 Å². The number of amides is 3. The fraction of sp³-hybridized carbons (Fsp3) is 0.0667. The van der Waals surface area contributed by atoms with E-state index in [0.717, 1.165) is 10.6 Å². The van der Waals surface area contributed by atoms with E-state index in [9.17, 15) is 14.4 Å². The van der Waals surface area contributed by atoms with Crippen molar-refractivity contribution in [3.05, 3.63) is 126 Å². The predicted molar refractivity (Wildman–Crippen MR) is 152 cm³/mol. The highest BCUT2D eigenvalue weighted by molar-refractivity contribution is 8.00. The highest BCUT2D eigenvalue weighted by Gasteiger charge is 2.17. The van der Waals surface area contributed by atoms with Gasteiger partial charge in [0.25, 0.3) is 11.8 Å². The Morgan fingerprint density at radius 2 is 1.45 bits per heavy atom. The number of para-hydroxylation sites is 1. The number of anilines is 2. The maximum absolute atomic E-state index is 13.1. The number of carbonyl (C=O) groups excluding carboxylic acids is 3. The molecule has 4 aromatic rings. The van der Waals surface area contributed by atoms with E-state index >= 15 is 0 Å². The fourth-order valence-corrected chi connectivity index (χ4v) is 4.28. The number of hydrogen-bond donors (Lipinski definition) is 3. The fourth-order valence-electron chi connectivity index (χ4n) is 3.41. The Hall–Kier alpha value is -4.69. The van der Waals surface area contributed by atoms with Crippen LogP contribution in [0.1, 0.15) is 22.8 Å². The Labute approximate surface area is 225 Å². The number of nitrogens with zero attached hydrogens (tertiary/aromatic N) is 1. The summed E-state index contributed by atoms with van der Waals surface area (Å²) in [6.45, 7) is 1.84. The summed E-state index contributed by atoms with van der Waals surface area (Å²) >= 11 is 1.41. The summed E-state index contributed by atoms with van der Waals surface area (Å²) in [7, 11) is 0. The van der Waals surface area contributed by atoms with Crippen molar-refractivity contribution in [2.24, 2.45) is 0 Å². The second-order valence-corrected chi connectivity index (χ2v) is 9.67. The molecule has 8 heteroatoms. The van der Waals surface area contributed by atoms with Crippen molar-refractivity contribution in [2.45, 2.75) is 17.1 Å². The summed E-state index contributed by atoms with van der Waals surface area (Å²) in [6, 6.07) is 28.7. The number of thioether (sulfide) groups is 1. The van der Waals surface area contributed by atoms with E-state index in [0.29, 0.717) is 16.8 Å². The van der Waals surface area contributed by atoms with Crippen LogP contribution in [-0.2, 0) is 9.59 Å². The van der Waals surface area contributed by atoms with Crippen molar-refractivity contribution in [1.29, 1.82) is 0 Å². The zero-order valence-electron chi connectivity index (χ0n) is 20.6. The third-order valence-electron chi connectivity index (χ3n) is 5.36. The zero-order chi connectivity index (χ0) is 26.7. The van der Waals surface area contributed by atoms with Gasteiger partial charge in [-0.1, -0.05) is 42.5 Å². The second kappa shape index (κ2) is 13.0. The number of pyridine rings is 1. The molecule has 190 valence electrons. The molecule has 0 saturated carbocycles. The van der Waals surface area contributed by atoms with E-state index in [-0.39, 0.29) is 16.9 Å². The molecule has 0 aliphatic heterocycles. The molecule has 0 aliphatic carbocycles. The van der Waals surface area contributed by atoms with Crippen molar-refractivity contribution in [3.63, 3.8) is 0 Å². The van der Waals surface area contributed by atoms with Crippen molar-refractivity contribution < 1.29 is 14.4 Å². The Morgan fingerprint density at radius 1 is 0.789 bits per heavy atom. The van der Waals surface area contributed by atoms with Gasteiger partial charge in [-0.05, 0) is 73.2 Å². The zero-order valence-corrected chi connectivity index (χ0v) is 21.4. The van der Waals surface area contributed by atoms with Crippen LogP contribution in [0, 0.1) is 0 Å². The largest absolute Gasteiger partial charge is 0.325 e. The molecule has 3 aromatic carbocycles. The Kier molecular flexibility index (Phi) is 9.04. The highest BCUT2D eigenvalue weighted by Crippen LogP contribution is 2.26. The number of rotatable bonds is 9. The average molecular weight is 523 g/mol.